The second-order valence-electron chi connectivity index (χ2n) is 10.9. The first-order valence-corrected chi connectivity index (χ1v) is 15.3. The van der Waals surface area contributed by atoms with Crippen molar-refractivity contribution in [1.82, 2.24) is 0 Å². The maximum Gasteiger partial charge on any atom is 0.143 e. The molecule has 43 heavy (non-hydrogen) atoms. The molecule has 0 aliphatic heterocycles. The monoisotopic (exact) mass is 567 g/mol. The van der Waals surface area contributed by atoms with Crippen molar-refractivity contribution < 1.29 is 4.42 Å². The van der Waals surface area contributed by atoms with Gasteiger partial charge in [0.15, 0.2) is 0 Å². The van der Waals surface area contributed by atoms with E-state index in [-0.39, 0.29) is 0 Å². The molecule has 0 amide bonds. The van der Waals surface area contributed by atoms with Crippen molar-refractivity contribution in [2.75, 3.05) is 4.90 Å². The van der Waals surface area contributed by atoms with Crippen LogP contribution in [0.3, 0.4) is 0 Å². The van der Waals surface area contributed by atoms with Gasteiger partial charge in [-0.2, -0.15) is 0 Å². The zero-order valence-corrected chi connectivity index (χ0v) is 24.0. The van der Waals surface area contributed by atoms with E-state index in [1.54, 1.807) is 0 Å². The highest BCUT2D eigenvalue weighted by Gasteiger charge is 2.21. The molecular formula is C40H25NOS. The van der Waals surface area contributed by atoms with E-state index < -0.39 is 0 Å². The molecule has 0 aliphatic rings. The van der Waals surface area contributed by atoms with Crippen LogP contribution >= 0.6 is 11.3 Å². The summed E-state index contributed by atoms with van der Waals surface area (Å²) in [5, 5.41) is 7.17. The second-order valence-corrected chi connectivity index (χ2v) is 12.0. The van der Waals surface area contributed by atoms with Crippen LogP contribution in [0.15, 0.2) is 156 Å². The van der Waals surface area contributed by atoms with Crippen LogP contribution < -0.4 is 4.90 Å². The molecule has 0 fully saturated rings. The van der Waals surface area contributed by atoms with Gasteiger partial charge in [-0.15, -0.1) is 11.3 Å². The van der Waals surface area contributed by atoms with E-state index in [2.05, 4.69) is 157 Å². The predicted molar refractivity (Wildman–Crippen MR) is 184 cm³/mol. The van der Waals surface area contributed by atoms with Gasteiger partial charge in [0.2, 0.25) is 0 Å². The summed E-state index contributed by atoms with van der Waals surface area (Å²) >= 11 is 1.87. The maximum atomic E-state index is 6.57. The normalized spacial score (nSPS) is 11.7. The highest BCUT2D eigenvalue weighted by molar-refractivity contribution is 7.26. The van der Waals surface area contributed by atoms with Crippen molar-refractivity contribution in [3.8, 4) is 11.1 Å². The predicted octanol–water partition coefficient (Wildman–Crippen LogP) is 12.2. The van der Waals surface area contributed by atoms with Gasteiger partial charge in [-0.1, -0.05) is 103 Å². The number of anilines is 3. The molecule has 0 aliphatic carbocycles. The molecule has 0 unspecified atom stereocenters. The van der Waals surface area contributed by atoms with Crippen LogP contribution in [0.5, 0.6) is 0 Å². The van der Waals surface area contributed by atoms with Crippen LogP contribution in [0, 0.1) is 0 Å². The number of furan rings is 1. The molecule has 7 aromatic carbocycles. The first kappa shape index (κ1) is 24.2. The van der Waals surface area contributed by atoms with Crippen molar-refractivity contribution in [3.63, 3.8) is 0 Å². The van der Waals surface area contributed by atoms with E-state index in [4.69, 9.17) is 4.42 Å². The molecule has 2 aromatic heterocycles. The van der Waals surface area contributed by atoms with Gasteiger partial charge in [0.25, 0.3) is 0 Å². The molecular weight excluding hydrogens is 543 g/mol. The molecule has 0 saturated heterocycles. The van der Waals surface area contributed by atoms with Crippen molar-refractivity contribution >= 4 is 81.3 Å². The first-order chi connectivity index (χ1) is 21.3. The lowest BCUT2D eigenvalue weighted by atomic mass is 10.0. The third kappa shape index (κ3) is 3.79. The minimum Gasteiger partial charge on any atom is -0.455 e. The first-order valence-electron chi connectivity index (χ1n) is 14.5. The number of para-hydroxylation sites is 1. The molecule has 9 rings (SSSR count). The molecule has 2 nitrogen and oxygen atoms in total. The Hall–Kier alpha value is -5.38. The van der Waals surface area contributed by atoms with E-state index in [0.717, 1.165) is 44.4 Å². The van der Waals surface area contributed by atoms with Gasteiger partial charge in [0, 0.05) is 42.3 Å². The number of hydrogen-bond donors (Lipinski definition) is 0. The van der Waals surface area contributed by atoms with Gasteiger partial charge >= 0.3 is 0 Å². The highest BCUT2D eigenvalue weighted by atomic mass is 32.1. The molecule has 0 radical (unpaired) electrons. The molecule has 9 aromatic rings. The average Bonchev–Trinajstić information content (AvgIpc) is 3.65. The van der Waals surface area contributed by atoms with Crippen LogP contribution in [0.1, 0.15) is 0 Å². The number of hydrogen-bond acceptors (Lipinski definition) is 3. The van der Waals surface area contributed by atoms with Crippen LogP contribution in [0.4, 0.5) is 17.1 Å². The van der Waals surface area contributed by atoms with Crippen LogP contribution in [-0.4, -0.2) is 0 Å². The fourth-order valence-electron chi connectivity index (χ4n) is 6.51. The summed E-state index contributed by atoms with van der Waals surface area (Å²) in [6, 6.07) is 54.2. The number of benzene rings is 7. The standard InChI is InChI=1S/C40H25NOS/c1-2-13-28(14-3-1)41(35-20-10-21-36-38(35)34-24-23-26-11-4-5-16-30(26)39(34)42-36)29-15-8-12-27(25-29)31-18-9-19-33-32-17-6-7-22-37(32)43-40(31)33/h1-25H. The van der Waals surface area contributed by atoms with Crippen LogP contribution in [0.25, 0.3) is 64.0 Å². The van der Waals surface area contributed by atoms with Gasteiger partial charge in [-0.25, -0.2) is 0 Å². The van der Waals surface area contributed by atoms with Gasteiger partial charge in [-0.05, 0) is 65.0 Å². The average molecular weight is 568 g/mol. The SMILES string of the molecule is c1ccc(N(c2cccc(-c3cccc4c3sc3ccccc34)c2)c2cccc3oc4c5ccccc5ccc4c23)cc1. The van der Waals surface area contributed by atoms with Gasteiger partial charge in [0.1, 0.15) is 11.2 Å². The Labute approximate surface area is 252 Å². The lowest BCUT2D eigenvalue weighted by Gasteiger charge is -2.26. The third-order valence-corrected chi connectivity index (χ3v) is 9.66. The molecule has 3 heteroatoms. The Bertz CT molecular complexity index is 2470. The molecule has 0 bridgehead atoms. The quantitative estimate of drug-likeness (QED) is 0.210. The van der Waals surface area contributed by atoms with E-state index >= 15 is 0 Å². The summed E-state index contributed by atoms with van der Waals surface area (Å²) in [5.74, 6) is 0. The lowest BCUT2D eigenvalue weighted by molar-refractivity contribution is 0.672. The van der Waals surface area contributed by atoms with E-state index in [0.29, 0.717) is 0 Å². The summed E-state index contributed by atoms with van der Waals surface area (Å²) < 4.78 is 9.21. The van der Waals surface area contributed by atoms with E-state index in [1.165, 1.54) is 36.7 Å². The van der Waals surface area contributed by atoms with Crippen molar-refractivity contribution in [2.24, 2.45) is 0 Å². The van der Waals surface area contributed by atoms with Crippen molar-refractivity contribution in [3.05, 3.63) is 152 Å². The Morgan fingerprint density at radius 2 is 1.26 bits per heavy atom. The zero-order chi connectivity index (χ0) is 28.3. The number of thiophene rings is 1. The minimum absolute atomic E-state index is 0.885. The van der Waals surface area contributed by atoms with Gasteiger partial charge in [-0.3, -0.25) is 0 Å². The van der Waals surface area contributed by atoms with Crippen molar-refractivity contribution in [1.29, 1.82) is 0 Å². The Balaban J connectivity index is 1.29. The largest absolute Gasteiger partial charge is 0.455 e. The fraction of sp³-hybridized carbons (Fsp3) is 0. The molecule has 2 heterocycles. The van der Waals surface area contributed by atoms with Gasteiger partial charge in [0.05, 0.1) is 11.1 Å². The number of rotatable bonds is 4. The summed E-state index contributed by atoms with van der Waals surface area (Å²) in [4.78, 5) is 2.36. The molecule has 0 spiro atoms. The Kier molecular flexibility index (Phi) is 5.40. The summed E-state index contributed by atoms with van der Waals surface area (Å²) in [5.41, 5.74) is 7.56. The summed E-state index contributed by atoms with van der Waals surface area (Å²) in [6.45, 7) is 0. The van der Waals surface area contributed by atoms with Crippen LogP contribution in [0.2, 0.25) is 0 Å². The smallest absolute Gasteiger partial charge is 0.143 e. The number of nitrogens with zero attached hydrogens (tertiary/aromatic N) is 1. The molecule has 0 atom stereocenters. The van der Waals surface area contributed by atoms with E-state index in [1.807, 2.05) is 11.3 Å². The number of fused-ring (bicyclic) bond motifs is 8. The maximum absolute atomic E-state index is 6.57. The zero-order valence-electron chi connectivity index (χ0n) is 23.2. The summed E-state index contributed by atoms with van der Waals surface area (Å²) in [6.07, 6.45) is 0. The summed E-state index contributed by atoms with van der Waals surface area (Å²) in [7, 11) is 0. The fourth-order valence-corrected chi connectivity index (χ4v) is 7.75. The lowest BCUT2D eigenvalue weighted by Crippen LogP contribution is -2.10. The highest BCUT2D eigenvalue weighted by Crippen LogP contribution is 2.46. The Morgan fingerprint density at radius 1 is 0.512 bits per heavy atom. The molecule has 202 valence electrons. The van der Waals surface area contributed by atoms with E-state index in [9.17, 15) is 0 Å². The second kappa shape index (κ2) is 9.59. The Morgan fingerprint density at radius 3 is 2.19 bits per heavy atom. The van der Waals surface area contributed by atoms with Crippen LogP contribution in [-0.2, 0) is 0 Å². The minimum atomic E-state index is 0.885. The van der Waals surface area contributed by atoms with Crippen molar-refractivity contribution in [2.45, 2.75) is 0 Å². The molecule has 0 N–H and O–H groups in total. The topological polar surface area (TPSA) is 16.4 Å². The molecule has 0 saturated carbocycles. The van der Waals surface area contributed by atoms with Gasteiger partial charge < -0.3 is 9.32 Å². The third-order valence-electron chi connectivity index (χ3n) is 8.44.